The van der Waals surface area contributed by atoms with Crippen molar-refractivity contribution < 1.29 is 43.2 Å². The normalized spacial score (nSPS) is 13.6. The van der Waals surface area contributed by atoms with Crippen LogP contribution in [0.3, 0.4) is 0 Å². The van der Waals surface area contributed by atoms with E-state index in [0.717, 1.165) is 16.3 Å². The van der Waals surface area contributed by atoms with Crippen LogP contribution in [0, 0.1) is 0 Å². The van der Waals surface area contributed by atoms with Crippen LogP contribution in [-0.4, -0.2) is 16.8 Å². The Balaban J connectivity index is 2.59. The van der Waals surface area contributed by atoms with Crippen molar-refractivity contribution in [3.8, 4) is 0 Å². The number of nitrogens with one attached hydrogen (secondary N) is 1. The Morgan fingerprint density at radius 1 is 0.630 bits per heavy atom. The standard InChI is InChI=1S/C14H9F6NO4S2/c15-13(16,17)9-6-10(14(18,19)20)8-12(7-9)27(24,25)21-26(22,23)11-4-2-1-3-5-11/h1-8,21H. The molecule has 0 unspecified atom stereocenters. The van der Waals surface area contributed by atoms with E-state index in [4.69, 9.17) is 0 Å². The minimum atomic E-state index is -5.29. The molecule has 2 rings (SSSR count). The van der Waals surface area contributed by atoms with Crippen LogP contribution >= 0.6 is 0 Å². The van der Waals surface area contributed by atoms with Crippen LogP contribution in [0.5, 0.6) is 0 Å². The van der Waals surface area contributed by atoms with Crippen molar-refractivity contribution in [1.29, 1.82) is 0 Å². The lowest BCUT2D eigenvalue weighted by Gasteiger charge is -2.15. The lowest BCUT2D eigenvalue weighted by Crippen LogP contribution is -2.31. The van der Waals surface area contributed by atoms with E-state index >= 15 is 0 Å². The first kappa shape index (κ1) is 21.2. The van der Waals surface area contributed by atoms with Crippen molar-refractivity contribution in [2.24, 2.45) is 0 Å². The third-order valence-corrected chi connectivity index (χ3v) is 6.65. The fourth-order valence-corrected chi connectivity index (χ4v) is 4.93. The molecule has 0 aliphatic rings. The van der Waals surface area contributed by atoms with E-state index in [0.29, 0.717) is 0 Å². The minimum absolute atomic E-state index is 0.0852. The number of hydrogen-bond donors (Lipinski definition) is 1. The van der Waals surface area contributed by atoms with E-state index in [1.807, 2.05) is 0 Å². The van der Waals surface area contributed by atoms with Gasteiger partial charge in [-0.25, -0.2) is 16.8 Å². The highest BCUT2D eigenvalue weighted by Gasteiger charge is 2.38. The summed E-state index contributed by atoms with van der Waals surface area (Å²) in [5.74, 6) is 0. The molecule has 2 aromatic rings. The summed E-state index contributed by atoms with van der Waals surface area (Å²) in [7, 11) is -10.0. The first-order valence-electron chi connectivity index (χ1n) is 6.76. The van der Waals surface area contributed by atoms with Gasteiger partial charge in [-0.05, 0) is 30.3 Å². The zero-order chi connectivity index (χ0) is 20.7. The summed E-state index contributed by atoms with van der Waals surface area (Å²) in [6.45, 7) is 0. The number of rotatable bonds is 4. The highest BCUT2D eigenvalue weighted by Crippen LogP contribution is 2.37. The minimum Gasteiger partial charge on any atom is -0.206 e. The van der Waals surface area contributed by atoms with Crippen LogP contribution in [-0.2, 0) is 32.4 Å². The highest BCUT2D eigenvalue weighted by atomic mass is 32.3. The van der Waals surface area contributed by atoms with Crippen LogP contribution in [0.2, 0.25) is 0 Å². The van der Waals surface area contributed by atoms with Crippen molar-refractivity contribution in [3.63, 3.8) is 0 Å². The third-order valence-electron chi connectivity index (χ3n) is 3.14. The van der Waals surface area contributed by atoms with Gasteiger partial charge in [0.15, 0.2) is 0 Å². The molecule has 13 heteroatoms. The molecule has 1 N–H and O–H groups in total. The molecule has 0 fully saturated rings. The maximum atomic E-state index is 12.8. The summed E-state index contributed by atoms with van der Waals surface area (Å²) in [4.78, 5) is -2.04. The van der Waals surface area contributed by atoms with Gasteiger partial charge in [-0.15, -0.1) is 4.13 Å². The second-order valence-electron chi connectivity index (χ2n) is 5.14. The summed E-state index contributed by atoms with van der Waals surface area (Å²) < 4.78 is 126. The number of benzene rings is 2. The molecule has 2 aromatic carbocycles. The van der Waals surface area contributed by atoms with E-state index in [2.05, 4.69) is 0 Å². The van der Waals surface area contributed by atoms with Crippen molar-refractivity contribution >= 4 is 20.0 Å². The van der Waals surface area contributed by atoms with Gasteiger partial charge in [0.05, 0.1) is 20.9 Å². The quantitative estimate of drug-likeness (QED) is 0.750. The number of halogens is 6. The molecular weight excluding hydrogens is 424 g/mol. The maximum Gasteiger partial charge on any atom is 0.416 e. The van der Waals surface area contributed by atoms with Crippen LogP contribution in [0.25, 0.3) is 0 Å². The first-order valence-corrected chi connectivity index (χ1v) is 9.73. The zero-order valence-corrected chi connectivity index (χ0v) is 14.5. The average Bonchev–Trinajstić information content (AvgIpc) is 2.53. The monoisotopic (exact) mass is 433 g/mol. The first-order chi connectivity index (χ1) is 12.1. The van der Waals surface area contributed by atoms with E-state index < -0.39 is 53.3 Å². The van der Waals surface area contributed by atoms with Gasteiger partial charge in [0, 0.05) is 0 Å². The molecule has 148 valence electrons. The predicted molar refractivity (Wildman–Crippen MR) is 80.4 cm³/mol. The Hall–Kier alpha value is -2.12. The second-order valence-corrected chi connectivity index (χ2v) is 8.77. The summed E-state index contributed by atoms with van der Waals surface area (Å²) >= 11 is 0. The van der Waals surface area contributed by atoms with Gasteiger partial charge in [-0.2, -0.15) is 26.3 Å². The molecule has 0 atom stereocenters. The fourth-order valence-electron chi connectivity index (χ4n) is 1.92. The second kappa shape index (κ2) is 6.80. The van der Waals surface area contributed by atoms with Crippen molar-refractivity contribution in [2.75, 3.05) is 0 Å². The molecule has 0 bridgehead atoms. The topological polar surface area (TPSA) is 80.3 Å². The van der Waals surface area contributed by atoms with Crippen molar-refractivity contribution in [1.82, 2.24) is 4.13 Å². The molecule has 0 heterocycles. The van der Waals surface area contributed by atoms with Gasteiger partial charge in [0.1, 0.15) is 0 Å². The summed E-state index contributed by atoms with van der Waals surface area (Å²) in [6, 6.07) is 5.44. The molecule has 0 aliphatic carbocycles. The number of alkyl halides is 6. The number of sulfonamides is 2. The van der Waals surface area contributed by atoms with E-state index in [-0.39, 0.29) is 18.2 Å². The Labute approximate surface area is 149 Å². The van der Waals surface area contributed by atoms with Gasteiger partial charge in [0.2, 0.25) is 0 Å². The lowest BCUT2D eigenvalue weighted by atomic mass is 10.1. The molecule has 0 saturated heterocycles. The molecule has 0 saturated carbocycles. The Morgan fingerprint density at radius 2 is 1.04 bits per heavy atom. The summed E-state index contributed by atoms with van der Waals surface area (Å²) in [6.07, 6.45) is -10.6. The number of hydrogen-bond acceptors (Lipinski definition) is 4. The Morgan fingerprint density at radius 3 is 1.44 bits per heavy atom. The maximum absolute atomic E-state index is 12.8. The Bertz CT molecular complexity index is 1010. The molecule has 0 amide bonds. The highest BCUT2D eigenvalue weighted by molar-refractivity contribution is 8.04. The molecular formula is C14H9F6NO4S2. The Kier molecular flexibility index (Phi) is 5.33. The molecule has 0 radical (unpaired) electrons. The van der Waals surface area contributed by atoms with E-state index in [9.17, 15) is 43.2 Å². The van der Waals surface area contributed by atoms with Crippen LogP contribution in [0.4, 0.5) is 26.3 Å². The van der Waals surface area contributed by atoms with Crippen LogP contribution < -0.4 is 4.13 Å². The van der Waals surface area contributed by atoms with Crippen LogP contribution in [0.15, 0.2) is 58.3 Å². The largest absolute Gasteiger partial charge is 0.416 e. The van der Waals surface area contributed by atoms with Gasteiger partial charge in [-0.1, -0.05) is 18.2 Å². The van der Waals surface area contributed by atoms with Gasteiger partial charge >= 0.3 is 12.4 Å². The molecule has 0 aliphatic heterocycles. The SMILES string of the molecule is O=S(=O)(NS(=O)(=O)c1cc(C(F)(F)F)cc(C(F)(F)F)c1)c1ccccc1. The molecule has 0 spiro atoms. The molecule has 27 heavy (non-hydrogen) atoms. The molecule has 0 aromatic heterocycles. The van der Waals surface area contributed by atoms with Crippen molar-refractivity contribution in [2.45, 2.75) is 22.1 Å². The predicted octanol–water partition coefficient (Wildman–Crippen LogP) is 3.39. The van der Waals surface area contributed by atoms with Gasteiger partial charge in [0.25, 0.3) is 20.0 Å². The third kappa shape index (κ3) is 4.99. The van der Waals surface area contributed by atoms with E-state index in [1.165, 1.54) is 18.2 Å². The van der Waals surface area contributed by atoms with Crippen molar-refractivity contribution in [3.05, 3.63) is 59.7 Å². The lowest BCUT2D eigenvalue weighted by molar-refractivity contribution is -0.143. The van der Waals surface area contributed by atoms with Crippen LogP contribution in [0.1, 0.15) is 11.1 Å². The summed E-state index contributed by atoms with van der Waals surface area (Å²) in [5, 5.41) is 0. The smallest absolute Gasteiger partial charge is 0.206 e. The van der Waals surface area contributed by atoms with Gasteiger partial charge in [-0.3, -0.25) is 0 Å². The average molecular weight is 433 g/mol. The summed E-state index contributed by atoms with van der Waals surface area (Å²) in [5.41, 5.74) is -3.79. The van der Waals surface area contributed by atoms with Gasteiger partial charge < -0.3 is 0 Å². The molecule has 5 nitrogen and oxygen atoms in total. The van der Waals surface area contributed by atoms with E-state index in [1.54, 1.807) is 0 Å². The zero-order valence-electron chi connectivity index (χ0n) is 12.8. The fraction of sp³-hybridized carbons (Fsp3) is 0.143.